The molecule has 0 unspecified atom stereocenters. The summed E-state index contributed by atoms with van der Waals surface area (Å²) >= 11 is 0. The number of carbonyl (C=O) groups excluding carboxylic acids is 1. The normalized spacial score (nSPS) is 11.9. The van der Waals surface area contributed by atoms with Gasteiger partial charge in [0.05, 0.1) is 18.2 Å². The van der Waals surface area contributed by atoms with Crippen molar-refractivity contribution < 1.29 is 18.3 Å². The number of nitriles is 1. The van der Waals surface area contributed by atoms with Crippen LogP contribution in [0.15, 0.2) is 24.3 Å². The van der Waals surface area contributed by atoms with Crippen LogP contribution >= 0.6 is 12.4 Å². The summed E-state index contributed by atoms with van der Waals surface area (Å²) in [5.41, 5.74) is 5.57. The summed E-state index contributed by atoms with van der Waals surface area (Å²) in [6.45, 7) is 1.27. The van der Waals surface area contributed by atoms with Crippen LogP contribution in [0.2, 0.25) is 0 Å². The molecule has 0 aromatic heterocycles. The average molecular weight is 291 g/mol. The molecular formula is C12H13ClF2N2O2. The van der Waals surface area contributed by atoms with Crippen molar-refractivity contribution >= 4 is 18.4 Å². The lowest BCUT2D eigenvalue weighted by Gasteiger charge is -2.21. The summed E-state index contributed by atoms with van der Waals surface area (Å²) in [6, 6.07) is 5.40. The van der Waals surface area contributed by atoms with E-state index in [0.29, 0.717) is 0 Å². The first-order valence-electron chi connectivity index (χ1n) is 5.24. The first kappa shape index (κ1) is 17.3. The fourth-order valence-electron chi connectivity index (χ4n) is 1.37. The Hall–Kier alpha value is -1.71. The number of rotatable bonds is 4. The van der Waals surface area contributed by atoms with E-state index in [1.807, 2.05) is 6.07 Å². The second kappa shape index (κ2) is 7.02. The number of hydrogen-bond acceptors (Lipinski definition) is 4. The molecule has 7 heteroatoms. The Balaban J connectivity index is 0.00000324. The second-order valence-electron chi connectivity index (χ2n) is 3.56. The number of carbonyl (C=O) groups is 1. The van der Waals surface area contributed by atoms with Crippen molar-refractivity contribution in [3.63, 3.8) is 0 Å². The van der Waals surface area contributed by atoms with E-state index in [9.17, 15) is 13.6 Å². The van der Waals surface area contributed by atoms with E-state index in [2.05, 4.69) is 4.74 Å². The molecule has 0 saturated heterocycles. The molecule has 0 aliphatic rings. The molecule has 104 valence electrons. The molecule has 0 bridgehead atoms. The van der Waals surface area contributed by atoms with Crippen molar-refractivity contribution in [1.82, 2.24) is 0 Å². The first-order chi connectivity index (χ1) is 8.43. The molecule has 0 heterocycles. The van der Waals surface area contributed by atoms with Crippen molar-refractivity contribution in [2.24, 2.45) is 5.73 Å². The van der Waals surface area contributed by atoms with Gasteiger partial charge in [-0.1, -0.05) is 12.1 Å². The monoisotopic (exact) mass is 290 g/mol. The number of nitrogens with zero attached hydrogens (tertiary/aromatic N) is 1. The molecule has 19 heavy (non-hydrogen) atoms. The highest BCUT2D eigenvalue weighted by molar-refractivity contribution is 5.85. The van der Waals surface area contributed by atoms with E-state index < -0.39 is 17.9 Å². The van der Waals surface area contributed by atoms with Crippen molar-refractivity contribution in [2.75, 3.05) is 6.61 Å². The number of alkyl halides is 2. The van der Waals surface area contributed by atoms with Crippen LogP contribution in [0, 0.1) is 11.3 Å². The fourth-order valence-corrected chi connectivity index (χ4v) is 1.37. The predicted octanol–water partition coefficient (Wildman–Crippen LogP) is 2.18. The summed E-state index contributed by atoms with van der Waals surface area (Å²) in [6.07, 6.45) is 0. The van der Waals surface area contributed by atoms with Crippen LogP contribution in [-0.2, 0) is 9.53 Å². The maximum absolute atomic E-state index is 13.6. The lowest BCUT2D eigenvalue weighted by molar-refractivity contribution is -0.174. The number of nitrogens with two attached hydrogens (primary N) is 1. The molecule has 0 aliphatic carbocycles. The number of ether oxygens (including phenoxy) is 1. The Morgan fingerprint density at radius 2 is 2.21 bits per heavy atom. The number of hydrogen-bond donors (Lipinski definition) is 1. The van der Waals surface area contributed by atoms with Crippen LogP contribution in [0.5, 0.6) is 0 Å². The van der Waals surface area contributed by atoms with E-state index in [1.165, 1.54) is 31.2 Å². The largest absolute Gasteiger partial charge is 0.462 e. The molecular weight excluding hydrogens is 278 g/mol. The van der Waals surface area contributed by atoms with Crippen molar-refractivity contribution in [2.45, 2.75) is 18.9 Å². The summed E-state index contributed by atoms with van der Waals surface area (Å²) in [5.74, 6) is -5.50. The summed E-state index contributed by atoms with van der Waals surface area (Å²) in [7, 11) is 0. The molecule has 0 aliphatic heterocycles. The quantitative estimate of drug-likeness (QED) is 0.862. The molecule has 1 rings (SSSR count). The SMILES string of the molecule is CCOC(=O)C(F)(F)[C@H](N)c1cccc(C#N)c1.Cl. The third kappa shape index (κ3) is 3.88. The number of benzene rings is 1. The van der Waals surface area contributed by atoms with E-state index >= 15 is 0 Å². The minimum absolute atomic E-state index is 0. The lowest BCUT2D eigenvalue weighted by atomic mass is 10.00. The molecule has 1 aromatic carbocycles. The lowest BCUT2D eigenvalue weighted by Crippen LogP contribution is -2.41. The van der Waals surface area contributed by atoms with E-state index in [-0.39, 0.29) is 30.1 Å². The van der Waals surface area contributed by atoms with Gasteiger partial charge in [0.25, 0.3) is 0 Å². The van der Waals surface area contributed by atoms with Gasteiger partial charge in [0.15, 0.2) is 0 Å². The zero-order valence-electron chi connectivity index (χ0n) is 10.1. The Bertz CT molecular complexity index is 489. The summed E-state index contributed by atoms with van der Waals surface area (Å²) in [4.78, 5) is 11.1. The fraction of sp³-hybridized carbons (Fsp3) is 0.333. The predicted molar refractivity (Wildman–Crippen MR) is 66.9 cm³/mol. The van der Waals surface area contributed by atoms with Gasteiger partial charge in [0.2, 0.25) is 0 Å². The van der Waals surface area contributed by atoms with Gasteiger partial charge < -0.3 is 10.5 Å². The van der Waals surface area contributed by atoms with Gasteiger partial charge in [-0.3, -0.25) is 0 Å². The Labute approximate surface area is 115 Å². The van der Waals surface area contributed by atoms with Crippen molar-refractivity contribution in [1.29, 1.82) is 5.26 Å². The van der Waals surface area contributed by atoms with Crippen LogP contribution in [0.25, 0.3) is 0 Å². The summed E-state index contributed by atoms with van der Waals surface area (Å²) < 4.78 is 31.5. The van der Waals surface area contributed by atoms with E-state index in [1.54, 1.807) is 0 Å². The zero-order chi connectivity index (χ0) is 13.8. The molecule has 0 fully saturated rings. The first-order valence-corrected chi connectivity index (χ1v) is 5.24. The summed E-state index contributed by atoms with van der Waals surface area (Å²) in [5, 5.41) is 8.67. The third-order valence-corrected chi connectivity index (χ3v) is 2.31. The standard InChI is InChI=1S/C12H12F2N2O2.ClH/c1-2-18-11(17)12(13,14)10(16)9-5-3-4-8(6-9)7-15;/h3-6,10H,2,16H2,1H3;1H/t10-;/m1./s1. The second-order valence-corrected chi connectivity index (χ2v) is 3.56. The van der Waals surface area contributed by atoms with Crippen LogP contribution < -0.4 is 5.73 Å². The van der Waals surface area contributed by atoms with Crippen molar-refractivity contribution in [3.8, 4) is 6.07 Å². The Kier molecular flexibility index (Phi) is 6.39. The Morgan fingerprint density at radius 3 is 2.74 bits per heavy atom. The molecule has 0 amide bonds. The number of esters is 1. The van der Waals surface area contributed by atoms with Gasteiger partial charge >= 0.3 is 11.9 Å². The maximum Gasteiger partial charge on any atom is 0.379 e. The van der Waals surface area contributed by atoms with Crippen LogP contribution in [-0.4, -0.2) is 18.5 Å². The van der Waals surface area contributed by atoms with Gasteiger partial charge in [-0.15, -0.1) is 12.4 Å². The number of halogens is 3. The topological polar surface area (TPSA) is 76.1 Å². The highest BCUT2D eigenvalue weighted by Crippen LogP contribution is 2.30. The van der Waals surface area contributed by atoms with Crippen molar-refractivity contribution in [3.05, 3.63) is 35.4 Å². The molecule has 1 aromatic rings. The highest BCUT2D eigenvalue weighted by atomic mass is 35.5. The molecule has 4 nitrogen and oxygen atoms in total. The Morgan fingerprint density at radius 1 is 1.58 bits per heavy atom. The maximum atomic E-state index is 13.6. The van der Waals surface area contributed by atoms with Gasteiger partial charge in [-0.25, -0.2) is 4.79 Å². The molecule has 0 radical (unpaired) electrons. The van der Waals surface area contributed by atoms with Crippen LogP contribution in [0.1, 0.15) is 24.1 Å². The van der Waals surface area contributed by atoms with E-state index in [0.717, 1.165) is 0 Å². The van der Waals surface area contributed by atoms with Crippen LogP contribution in [0.4, 0.5) is 8.78 Å². The molecule has 0 spiro atoms. The van der Waals surface area contributed by atoms with Gasteiger partial charge in [0, 0.05) is 0 Å². The third-order valence-electron chi connectivity index (χ3n) is 2.31. The van der Waals surface area contributed by atoms with Gasteiger partial charge in [0.1, 0.15) is 6.04 Å². The molecule has 0 saturated carbocycles. The molecule has 2 N–H and O–H groups in total. The minimum Gasteiger partial charge on any atom is -0.462 e. The molecule has 1 atom stereocenters. The van der Waals surface area contributed by atoms with Gasteiger partial charge in [-0.05, 0) is 24.6 Å². The smallest absolute Gasteiger partial charge is 0.379 e. The average Bonchev–Trinajstić information content (AvgIpc) is 2.38. The van der Waals surface area contributed by atoms with Gasteiger partial charge in [-0.2, -0.15) is 14.0 Å². The zero-order valence-corrected chi connectivity index (χ0v) is 10.9. The highest BCUT2D eigenvalue weighted by Gasteiger charge is 2.47. The van der Waals surface area contributed by atoms with E-state index in [4.69, 9.17) is 11.0 Å². The minimum atomic E-state index is -3.83. The van der Waals surface area contributed by atoms with Crippen LogP contribution in [0.3, 0.4) is 0 Å².